The predicted octanol–water partition coefficient (Wildman–Crippen LogP) is 1.40. The molecular weight excluding hydrogens is 388 g/mol. The van der Waals surface area contributed by atoms with Crippen molar-refractivity contribution in [1.29, 1.82) is 0 Å². The summed E-state index contributed by atoms with van der Waals surface area (Å²) in [6, 6.07) is 3.97. The first-order valence-corrected chi connectivity index (χ1v) is 8.16. The number of anilines is 1. The van der Waals surface area contributed by atoms with E-state index in [0.29, 0.717) is 0 Å². The molecule has 12 heteroatoms. The van der Waals surface area contributed by atoms with Crippen molar-refractivity contribution in [2.45, 2.75) is 13.0 Å². The minimum absolute atomic E-state index is 0.0383. The predicted molar refractivity (Wildman–Crippen MR) is 97.8 cm³/mol. The first kappa shape index (κ1) is 21.3. The Kier molecular flexibility index (Phi) is 6.85. The summed E-state index contributed by atoms with van der Waals surface area (Å²) >= 11 is 0. The fourth-order valence-electron chi connectivity index (χ4n) is 2.39. The van der Waals surface area contributed by atoms with Crippen LogP contribution < -0.4 is 10.1 Å². The van der Waals surface area contributed by atoms with E-state index in [1.54, 1.807) is 0 Å². The molecule has 0 aliphatic rings. The molecule has 0 spiro atoms. The normalized spacial score (nSPS) is 10.2. The highest BCUT2D eigenvalue weighted by atomic mass is 16.6. The SMILES string of the molecule is COC(=O)c1cc(NC(=O)CCn2cc([N+](=O)[O-])c(OC)n2)cc(C(=O)OC)c1. The maximum atomic E-state index is 12.2. The van der Waals surface area contributed by atoms with Crippen LogP contribution in [0.25, 0.3) is 0 Å². The average Bonchev–Trinajstić information content (AvgIpc) is 3.14. The Morgan fingerprint density at radius 3 is 2.14 bits per heavy atom. The molecule has 0 fully saturated rings. The Bertz CT molecular complexity index is 919. The number of amides is 1. The van der Waals surface area contributed by atoms with Crippen molar-refractivity contribution in [2.24, 2.45) is 0 Å². The van der Waals surface area contributed by atoms with Crippen LogP contribution in [0.2, 0.25) is 0 Å². The summed E-state index contributed by atoms with van der Waals surface area (Å²) in [6.07, 6.45) is 1.07. The Balaban J connectivity index is 2.13. The van der Waals surface area contributed by atoms with Gasteiger partial charge in [-0.2, -0.15) is 0 Å². The van der Waals surface area contributed by atoms with E-state index in [4.69, 9.17) is 4.74 Å². The highest BCUT2D eigenvalue weighted by Gasteiger charge is 2.20. The molecule has 0 aliphatic heterocycles. The molecule has 1 heterocycles. The van der Waals surface area contributed by atoms with E-state index in [1.807, 2.05) is 0 Å². The van der Waals surface area contributed by atoms with Crippen molar-refractivity contribution in [3.05, 3.63) is 45.6 Å². The molecule has 12 nitrogen and oxygen atoms in total. The summed E-state index contributed by atoms with van der Waals surface area (Å²) < 4.78 is 15.3. The average molecular weight is 406 g/mol. The first-order chi connectivity index (χ1) is 13.8. The number of carbonyl (C=O) groups is 3. The summed E-state index contributed by atoms with van der Waals surface area (Å²) in [6.45, 7) is 0.0383. The second-order valence-corrected chi connectivity index (χ2v) is 5.62. The van der Waals surface area contributed by atoms with E-state index in [-0.39, 0.29) is 41.3 Å². The van der Waals surface area contributed by atoms with Gasteiger partial charge in [-0.05, 0) is 18.2 Å². The van der Waals surface area contributed by atoms with Gasteiger partial charge in [-0.3, -0.25) is 19.6 Å². The van der Waals surface area contributed by atoms with E-state index >= 15 is 0 Å². The number of rotatable bonds is 8. The van der Waals surface area contributed by atoms with Gasteiger partial charge in [0.2, 0.25) is 5.91 Å². The lowest BCUT2D eigenvalue weighted by Gasteiger charge is -2.09. The topological polar surface area (TPSA) is 152 Å². The van der Waals surface area contributed by atoms with Crippen molar-refractivity contribution >= 4 is 29.2 Å². The Morgan fingerprint density at radius 1 is 1.10 bits per heavy atom. The number of nitro groups is 1. The Labute approximate surface area is 164 Å². The smallest absolute Gasteiger partial charge is 0.350 e. The second-order valence-electron chi connectivity index (χ2n) is 5.62. The minimum atomic E-state index is -0.692. The van der Waals surface area contributed by atoms with E-state index < -0.39 is 22.8 Å². The molecule has 0 aliphatic carbocycles. The number of esters is 2. The van der Waals surface area contributed by atoms with Gasteiger partial charge in [0.15, 0.2) is 0 Å². The Morgan fingerprint density at radius 2 is 1.69 bits per heavy atom. The van der Waals surface area contributed by atoms with Gasteiger partial charge in [0, 0.05) is 12.1 Å². The van der Waals surface area contributed by atoms with Gasteiger partial charge < -0.3 is 19.5 Å². The first-order valence-electron chi connectivity index (χ1n) is 8.16. The molecule has 0 atom stereocenters. The lowest BCUT2D eigenvalue weighted by Crippen LogP contribution is -2.16. The third-order valence-corrected chi connectivity index (χ3v) is 3.73. The van der Waals surface area contributed by atoms with Gasteiger partial charge >= 0.3 is 23.5 Å². The van der Waals surface area contributed by atoms with E-state index in [0.717, 1.165) is 6.20 Å². The lowest BCUT2D eigenvalue weighted by atomic mass is 10.1. The van der Waals surface area contributed by atoms with Crippen molar-refractivity contribution in [3.63, 3.8) is 0 Å². The molecule has 154 valence electrons. The molecular formula is C17H18N4O8. The number of aromatic nitrogens is 2. The van der Waals surface area contributed by atoms with Crippen molar-refractivity contribution in [2.75, 3.05) is 26.6 Å². The number of carbonyl (C=O) groups excluding carboxylic acids is 3. The monoisotopic (exact) mass is 406 g/mol. The van der Waals surface area contributed by atoms with Crippen LogP contribution in [-0.2, 0) is 20.8 Å². The molecule has 0 saturated carbocycles. The molecule has 1 aromatic carbocycles. The summed E-state index contributed by atoms with van der Waals surface area (Å²) in [5.74, 6) is -2.02. The van der Waals surface area contributed by atoms with Gasteiger partial charge in [-0.1, -0.05) is 0 Å². The maximum Gasteiger partial charge on any atom is 0.350 e. The molecule has 2 rings (SSSR count). The van der Waals surface area contributed by atoms with Crippen molar-refractivity contribution in [1.82, 2.24) is 9.78 Å². The molecule has 0 radical (unpaired) electrons. The van der Waals surface area contributed by atoms with Gasteiger partial charge in [-0.15, -0.1) is 5.10 Å². The molecule has 1 aromatic heterocycles. The van der Waals surface area contributed by atoms with Crippen LogP contribution >= 0.6 is 0 Å². The largest absolute Gasteiger partial charge is 0.475 e. The van der Waals surface area contributed by atoms with Gasteiger partial charge in [0.05, 0.1) is 43.9 Å². The number of nitrogens with zero attached hydrogens (tertiary/aromatic N) is 3. The molecule has 2 aromatic rings. The second kappa shape index (κ2) is 9.30. The summed E-state index contributed by atoms with van der Waals surface area (Å²) in [5.41, 5.74) is -0.0278. The van der Waals surface area contributed by atoms with Crippen LogP contribution in [0, 0.1) is 10.1 Å². The van der Waals surface area contributed by atoms with Crippen LogP contribution in [0.3, 0.4) is 0 Å². The van der Waals surface area contributed by atoms with Crippen LogP contribution in [0.15, 0.2) is 24.4 Å². The third kappa shape index (κ3) is 5.28. The van der Waals surface area contributed by atoms with Gasteiger partial charge in [0.1, 0.15) is 6.20 Å². The summed E-state index contributed by atoms with van der Waals surface area (Å²) in [5, 5.41) is 17.3. The van der Waals surface area contributed by atoms with E-state index in [9.17, 15) is 24.5 Å². The lowest BCUT2D eigenvalue weighted by molar-refractivity contribution is -0.385. The third-order valence-electron chi connectivity index (χ3n) is 3.73. The van der Waals surface area contributed by atoms with Gasteiger partial charge in [-0.25, -0.2) is 9.59 Å². The summed E-state index contributed by atoms with van der Waals surface area (Å²) in [4.78, 5) is 46.1. The fraction of sp³-hybridized carbons (Fsp3) is 0.294. The minimum Gasteiger partial charge on any atom is -0.475 e. The maximum absolute atomic E-state index is 12.2. The van der Waals surface area contributed by atoms with E-state index in [2.05, 4.69) is 19.9 Å². The zero-order chi connectivity index (χ0) is 21.6. The number of aryl methyl sites for hydroxylation is 1. The van der Waals surface area contributed by atoms with Crippen LogP contribution in [-0.4, -0.2) is 53.9 Å². The number of hydrogen-bond donors (Lipinski definition) is 1. The zero-order valence-corrected chi connectivity index (χ0v) is 15.8. The molecule has 0 saturated heterocycles. The highest BCUT2D eigenvalue weighted by Crippen LogP contribution is 2.24. The number of hydrogen-bond acceptors (Lipinski definition) is 9. The molecule has 1 N–H and O–H groups in total. The molecule has 1 amide bonds. The van der Waals surface area contributed by atoms with Crippen molar-refractivity contribution in [3.8, 4) is 5.88 Å². The fourth-order valence-corrected chi connectivity index (χ4v) is 2.39. The van der Waals surface area contributed by atoms with Crippen LogP contribution in [0.1, 0.15) is 27.1 Å². The molecule has 0 bridgehead atoms. The molecule has 29 heavy (non-hydrogen) atoms. The highest BCUT2D eigenvalue weighted by molar-refractivity contribution is 5.99. The number of nitrogens with one attached hydrogen (secondary N) is 1. The van der Waals surface area contributed by atoms with Gasteiger partial charge in [0.25, 0.3) is 0 Å². The number of ether oxygens (including phenoxy) is 3. The van der Waals surface area contributed by atoms with Crippen LogP contribution in [0.4, 0.5) is 11.4 Å². The Hall–Kier alpha value is -3.96. The quantitative estimate of drug-likeness (QED) is 0.389. The van der Waals surface area contributed by atoms with Crippen LogP contribution in [0.5, 0.6) is 5.88 Å². The summed E-state index contributed by atoms with van der Waals surface area (Å²) in [7, 11) is 3.62. The molecule has 0 unspecified atom stereocenters. The number of benzene rings is 1. The zero-order valence-electron chi connectivity index (χ0n) is 15.8. The van der Waals surface area contributed by atoms with E-state index in [1.165, 1.54) is 44.2 Å². The van der Waals surface area contributed by atoms with Crippen molar-refractivity contribution < 1.29 is 33.5 Å². The standard InChI is InChI=1S/C17H18N4O8/c1-27-15-13(21(25)26)9-20(19-15)5-4-14(22)18-12-7-10(16(23)28-2)6-11(8-12)17(24)29-3/h6-9H,4-5H2,1-3H3,(H,18,22). The number of methoxy groups -OCH3 is 3.